The summed E-state index contributed by atoms with van der Waals surface area (Å²) >= 11 is 0. The molecule has 0 unspecified atom stereocenters. The van der Waals surface area contributed by atoms with Crippen molar-refractivity contribution in [1.29, 1.82) is 0 Å². The Labute approximate surface area is 125 Å². The van der Waals surface area contributed by atoms with E-state index in [-0.39, 0.29) is 0 Å². The van der Waals surface area contributed by atoms with Crippen LogP contribution in [0, 0.1) is 6.92 Å². The highest BCUT2D eigenvalue weighted by atomic mass is 14.9. The summed E-state index contributed by atoms with van der Waals surface area (Å²) in [5, 5.41) is 4.73. The van der Waals surface area contributed by atoms with Crippen molar-refractivity contribution in [2.75, 3.05) is 0 Å². The van der Waals surface area contributed by atoms with E-state index in [1.54, 1.807) is 0 Å². The van der Waals surface area contributed by atoms with Gasteiger partial charge in [0.15, 0.2) is 0 Å². The molecule has 2 heterocycles. The number of hydrogen-bond acceptors (Lipinski definition) is 3. The minimum Gasteiger partial charge on any atom is -0.306 e. The van der Waals surface area contributed by atoms with Crippen LogP contribution in [0.5, 0.6) is 0 Å². The number of benzene rings is 1. The lowest BCUT2D eigenvalue weighted by Crippen LogP contribution is -2.18. The summed E-state index contributed by atoms with van der Waals surface area (Å²) < 4.78 is 0. The number of aromatic nitrogens is 2. The molecule has 0 aliphatic rings. The first kappa shape index (κ1) is 13.7. The summed E-state index contributed by atoms with van der Waals surface area (Å²) in [7, 11) is 0. The maximum Gasteiger partial charge on any atom is 0.0705 e. The summed E-state index contributed by atoms with van der Waals surface area (Å²) in [5.74, 6) is 0. The molecule has 21 heavy (non-hydrogen) atoms. The van der Waals surface area contributed by atoms with Crippen LogP contribution in [0.4, 0.5) is 0 Å². The molecule has 3 heteroatoms. The summed E-state index contributed by atoms with van der Waals surface area (Å²) in [4.78, 5) is 8.58. The monoisotopic (exact) mass is 277 g/mol. The van der Waals surface area contributed by atoms with Crippen molar-refractivity contribution < 1.29 is 0 Å². The van der Waals surface area contributed by atoms with Gasteiger partial charge in [0.2, 0.25) is 0 Å². The predicted octanol–water partition coefficient (Wildman–Crippen LogP) is 3.79. The second kappa shape index (κ2) is 6.02. The first-order chi connectivity index (χ1) is 10.2. The van der Waals surface area contributed by atoms with Crippen molar-refractivity contribution in [3.63, 3.8) is 0 Å². The Kier molecular flexibility index (Phi) is 3.93. The average Bonchev–Trinajstić information content (AvgIpc) is 2.53. The van der Waals surface area contributed by atoms with E-state index in [1.807, 2.05) is 31.5 Å². The maximum atomic E-state index is 4.53. The van der Waals surface area contributed by atoms with Crippen LogP contribution in [0.25, 0.3) is 10.9 Å². The Bertz CT molecular complexity index is 738. The van der Waals surface area contributed by atoms with Crippen LogP contribution >= 0.6 is 0 Å². The van der Waals surface area contributed by atoms with Crippen molar-refractivity contribution in [1.82, 2.24) is 15.3 Å². The summed E-state index contributed by atoms with van der Waals surface area (Å²) in [6.07, 6.45) is 3.66. The van der Waals surface area contributed by atoms with Crippen molar-refractivity contribution in [3.8, 4) is 0 Å². The van der Waals surface area contributed by atoms with E-state index in [4.69, 9.17) is 0 Å². The van der Waals surface area contributed by atoms with Crippen LogP contribution in [-0.2, 0) is 6.54 Å². The van der Waals surface area contributed by atoms with Crippen LogP contribution in [0.1, 0.15) is 29.8 Å². The first-order valence-electron chi connectivity index (χ1n) is 7.22. The molecule has 0 saturated heterocycles. The second-order valence-corrected chi connectivity index (χ2v) is 5.36. The Morgan fingerprint density at radius 2 is 1.86 bits per heavy atom. The summed E-state index contributed by atoms with van der Waals surface area (Å²) in [6, 6.07) is 15.0. The number of aryl methyl sites for hydroxylation is 1. The molecule has 1 atom stereocenters. The largest absolute Gasteiger partial charge is 0.306 e. The first-order valence-corrected chi connectivity index (χ1v) is 7.22. The quantitative estimate of drug-likeness (QED) is 0.788. The fourth-order valence-electron chi connectivity index (χ4n) is 2.43. The minimum absolute atomic E-state index is 0.305. The van der Waals surface area contributed by atoms with Gasteiger partial charge in [-0.1, -0.05) is 12.1 Å². The van der Waals surface area contributed by atoms with E-state index in [1.165, 1.54) is 16.5 Å². The van der Waals surface area contributed by atoms with Gasteiger partial charge in [0.1, 0.15) is 0 Å². The van der Waals surface area contributed by atoms with E-state index in [2.05, 4.69) is 52.5 Å². The van der Waals surface area contributed by atoms with Gasteiger partial charge in [-0.15, -0.1) is 0 Å². The number of nitrogens with one attached hydrogen (secondary N) is 1. The van der Waals surface area contributed by atoms with Gasteiger partial charge < -0.3 is 5.32 Å². The standard InChI is InChI=1S/C18H19N3/c1-13-3-5-17-11-15(4-6-18(17)21-13)12-20-14(2)16-7-9-19-10-8-16/h3-11,14,20H,12H2,1-2H3/t14-/m0/s1. The van der Waals surface area contributed by atoms with Gasteiger partial charge >= 0.3 is 0 Å². The normalized spacial score (nSPS) is 12.5. The molecule has 0 fully saturated rings. The Morgan fingerprint density at radius 1 is 1.05 bits per heavy atom. The van der Waals surface area contributed by atoms with E-state index >= 15 is 0 Å². The molecular formula is C18H19N3. The maximum absolute atomic E-state index is 4.53. The van der Waals surface area contributed by atoms with Gasteiger partial charge in [-0.25, -0.2) is 0 Å². The van der Waals surface area contributed by atoms with Crippen LogP contribution in [0.3, 0.4) is 0 Å². The second-order valence-electron chi connectivity index (χ2n) is 5.36. The van der Waals surface area contributed by atoms with Crippen LogP contribution in [-0.4, -0.2) is 9.97 Å². The predicted molar refractivity (Wildman–Crippen MR) is 86.0 cm³/mol. The third kappa shape index (κ3) is 3.26. The van der Waals surface area contributed by atoms with Gasteiger partial charge in [0, 0.05) is 36.1 Å². The fraction of sp³-hybridized carbons (Fsp3) is 0.222. The molecule has 3 rings (SSSR count). The Hall–Kier alpha value is -2.26. The van der Waals surface area contributed by atoms with Crippen molar-refractivity contribution in [3.05, 3.63) is 71.7 Å². The van der Waals surface area contributed by atoms with Gasteiger partial charge in [0.05, 0.1) is 5.52 Å². The molecule has 3 aromatic rings. The van der Waals surface area contributed by atoms with Crippen LogP contribution in [0.2, 0.25) is 0 Å². The van der Waals surface area contributed by atoms with Gasteiger partial charge in [-0.3, -0.25) is 9.97 Å². The molecule has 0 aliphatic carbocycles. The molecule has 0 radical (unpaired) electrons. The van der Waals surface area contributed by atoms with Crippen LogP contribution in [0.15, 0.2) is 54.9 Å². The lowest BCUT2D eigenvalue weighted by Gasteiger charge is -2.14. The lowest BCUT2D eigenvalue weighted by atomic mass is 10.1. The van der Waals surface area contributed by atoms with E-state index in [0.717, 1.165) is 17.8 Å². The highest BCUT2D eigenvalue weighted by molar-refractivity contribution is 5.79. The number of fused-ring (bicyclic) bond motifs is 1. The highest BCUT2D eigenvalue weighted by Crippen LogP contribution is 2.16. The van der Waals surface area contributed by atoms with Gasteiger partial charge in [-0.2, -0.15) is 0 Å². The highest BCUT2D eigenvalue weighted by Gasteiger charge is 2.05. The molecule has 0 amide bonds. The molecule has 0 aliphatic heterocycles. The van der Waals surface area contributed by atoms with Crippen molar-refractivity contribution in [2.45, 2.75) is 26.4 Å². The fourth-order valence-corrected chi connectivity index (χ4v) is 2.43. The summed E-state index contributed by atoms with van der Waals surface area (Å²) in [6.45, 7) is 5.03. The van der Waals surface area contributed by atoms with Crippen LogP contribution < -0.4 is 5.32 Å². The van der Waals surface area contributed by atoms with E-state index in [9.17, 15) is 0 Å². The molecule has 106 valence electrons. The molecule has 0 spiro atoms. The van der Waals surface area contributed by atoms with E-state index in [0.29, 0.717) is 6.04 Å². The Balaban J connectivity index is 1.72. The molecular weight excluding hydrogens is 258 g/mol. The van der Waals surface area contributed by atoms with E-state index < -0.39 is 0 Å². The zero-order chi connectivity index (χ0) is 14.7. The number of hydrogen-bond donors (Lipinski definition) is 1. The molecule has 0 bridgehead atoms. The van der Waals surface area contributed by atoms with Crippen molar-refractivity contribution in [2.24, 2.45) is 0 Å². The zero-order valence-corrected chi connectivity index (χ0v) is 12.4. The third-order valence-corrected chi connectivity index (χ3v) is 3.71. The molecule has 2 aromatic heterocycles. The van der Waals surface area contributed by atoms with Crippen molar-refractivity contribution >= 4 is 10.9 Å². The zero-order valence-electron chi connectivity index (χ0n) is 12.4. The summed E-state index contributed by atoms with van der Waals surface area (Å²) in [5.41, 5.74) is 4.64. The lowest BCUT2D eigenvalue weighted by molar-refractivity contribution is 0.574. The smallest absolute Gasteiger partial charge is 0.0705 e. The number of nitrogens with zero attached hydrogens (tertiary/aromatic N) is 2. The molecule has 0 saturated carbocycles. The van der Waals surface area contributed by atoms with Gasteiger partial charge in [0.25, 0.3) is 0 Å². The number of pyridine rings is 2. The molecule has 1 aromatic carbocycles. The molecule has 1 N–H and O–H groups in total. The number of rotatable bonds is 4. The topological polar surface area (TPSA) is 37.8 Å². The Morgan fingerprint density at radius 3 is 2.67 bits per heavy atom. The average molecular weight is 277 g/mol. The third-order valence-electron chi connectivity index (χ3n) is 3.71. The molecule has 3 nitrogen and oxygen atoms in total. The SMILES string of the molecule is Cc1ccc2cc(CN[C@@H](C)c3ccncc3)ccc2n1. The minimum atomic E-state index is 0.305. The van der Waals surface area contributed by atoms with Gasteiger partial charge in [-0.05, 0) is 55.3 Å².